The molecule has 0 aliphatic carbocycles. The lowest BCUT2D eigenvalue weighted by molar-refractivity contribution is -0.113. The highest BCUT2D eigenvalue weighted by molar-refractivity contribution is 14.1. The van der Waals surface area contributed by atoms with Crippen LogP contribution >= 0.6 is 34.4 Å². The van der Waals surface area contributed by atoms with Crippen molar-refractivity contribution in [3.05, 3.63) is 76.6 Å². The molecule has 0 atom stereocenters. The number of hydrogen-bond donors (Lipinski definition) is 1. The number of hydrogen-bond acceptors (Lipinski definition) is 5. The van der Waals surface area contributed by atoms with Crippen molar-refractivity contribution in [2.45, 2.75) is 18.3 Å². The molecule has 0 spiro atoms. The van der Waals surface area contributed by atoms with Crippen molar-refractivity contribution < 1.29 is 9.53 Å². The average Bonchev–Trinajstić information content (AvgIpc) is 3.09. The van der Waals surface area contributed by atoms with Gasteiger partial charge >= 0.3 is 0 Å². The standard InChI is InChI=1S/C20H19IN4O2S/c1-2-12-25-18(13-27-17-6-4-3-5-7-17)23-24-20(25)28-14-19(26)22-16-10-8-15(21)9-11-16/h2-11H,1,12-14H2,(H,22,26). The number of nitrogens with zero attached hydrogens (tertiary/aromatic N) is 3. The lowest BCUT2D eigenvalue weighted by Gasteiger charge is -2.09. The van der Waals surface area contributed by atoms with Gasteiger partial charge in [-0.25, -0.2) is 0 Å². The van der Waals surface area contributed by atoms with Gasteiger partial charge in [-0.05, 0) is 59.0 Å². The molecule has 8 heteroatoms. The topological polar surface area (TPSA) is 69.0 Å². The summed E-state index contributed by atoms with van der Waals surface area (Å²) in [5.41, 5.74) is 0.774. The number of carbonyl (C=O) groups is 1. The van der Waals surface area contributed by atoms with Crippen LogP contribution in [0.5, 0.6) is 5.75 Å². The van der Waals surface area contributed by atoms with E-state index < -0.39 is 0 Å². The molecule has 1 amide bonds. The Morgan fingerprint density at radius 2 is 1.93 bits per heavy atom. The number of para-hydroxylation sites is 1. The molecule has 3 rings (SSSR count). The summed E-state index contributed by atoms with van der Waals surface area (Å²) in [6.45, 7) is 4.62. The molecule has 0 saturated carbocycles. The highest BCUT2D eigenvalue weighted by atomic mass is 127. The number of ether oxygens (including phenoxy) is 1. The SMILES string of the molecule is C=CCn1c(COc2ccccc2)nnc1SCC(=O)Nc1ccc(I)cc1. The van der Waals surface area contributed by atoms with Gasteiger partial charge in [0.25, 0.3) is 0 Å². The van der Waals surface area contributed by atoms with E-state index in [9.17, 15) is 4.79 Å². The van der Waals surface area contributed by atoms with Crippen LogP contribution in [-0.4, -0.2) is 26.4 Å². The molecule has 1 N–H and O–H groups in total. The van der Waals surface area contributed by atoms with Gasteiger partial charge in [0.15, 0.2) is 11.0 Å². The summed E-state index contributed by atoms with van der Waals surface area (Å²) in [5.74, 6) is 1.59. The van der Waals surface area contributed by atoms with Crippen molar-refractivity contribution in [2.24, 2.45) is 0 Å². The van der Waals surface area contributed by atoms with Crippen molar-refractivity contribution in [3.8, 4) is 5.75 Å². The molecule has 0 aliphatic rings. The number of thioether (sulfide) groups is 1. The van der Waals surface area contributed by atoms with Crippen molar-refractivity contribution >= 4 is 45.9 Å². The molecule has 144 valence electrons. The third-order valence-electron chi connectivity index (χ3n) is 3.68. The molecular formula is C20H19IN4O2S. The smallest absolute Gasteiger partial charge is 0.234 e. The van der Waals surface area contributed by atoms with E-state index in [4.69, 9.17) is 4.74 Å². The van der Waals surface area contributed by atoms with E-state index >= 15 is 0 Å². The summed E-state index contributed by atoms with van der Waals surface area (Å²) in [6, 6.07) is 17.2. The minimum atomic E-state index is -0.0959. The molecule has 0 radical (unpaired) electrons. The van der Waals surface area contributed by atoms with Crippen molar-refractivity contribution in [1.29, 1.82) is 0 Å². The Morgan fingerprint density at radius 1 is 1.18 bits per heavy atom. The van der Waals surface area contributed by atoms with Gasteiger partial charge in [0.2, 0.25) is 5.91 Å². The van der Waals surface area contributed by atoms with E-state index in [1.807, 2.05) is 59.2 Å². The molecule has 3 aromatic rings. The van der Waals surface area contributed by atoms with Gasteiger partial charge in [0.1, 0.15) is 12.4 Å². The summed E-state index contributed by atoms with van der Waals surface area (Å²) >= 11 is 3.56. The first-order valence-electron chi connectivity index (χ1n) is 8.55. The van der Waals surface area contributed by atoms with Crippen LogP contribution in [0.4, 0.5) is 5.69 Å². The second-order valence-electron chi connectivity index (χ2n) is 5.74. The van der Waals surface area contributed by atoms with Crippen molar-refractivity contribution in [3.63, 3.8) is 0 Å². The maximum Gasteiger partial charge on any atom is 0.234 e. The number of rotatable bonds is 9. The second kappa shape index (κ2) is 10.3. The largest absolute Gasteiger partial charge is 0.486 e. The fourth-order valence-electron chi connectivity index (χ4n) is 2.37. The Kier molecular flexibility index (Phi) is 7.49. The van der Waals surface area contributed by atoms with Crippen LogP contribution in [0.3, 0.4) is 0 Å². The van der Waals surface area contributed by atoms with E-state index in [1.54, 1.807) is 6.08 Å². The summed E-state index contributed by atoms with van der Waals surface area (Å²) in [5, 5.41) is 11.9. The lowest BCUT2D eigenvalue weighted by atomic mass is 10.3. The van der Waals surface area contributed by atoms with Gasteiger partial charge in [0.05, 0.1) is 5.75 Å². The van der Waals surface area contributed by atoms with Gasteiger partial charge < -0.3 is 10.1 Å². The van der Waals surface area contributed by atoms with Crippen LogP contribution < -0.4 is 10.1 Å². The normalized spacial score (nSPS) is 10.5. The lowest BCUT2D eigenvalue weighted by Crippen LogP contribution is -2.15. The van der Waals surface area contributed by atoms with E-state index in [-0.39, 0.29) is 11.7 Å². The molecule has 1 aromatic heterocycles. The Labute approximate surface area is 181 Å². The van der Waals surface area contributed by atoms with E-state index in [2.05, 4.69) is 44.7 Å². The average molecular weight is 506 g/mol. The van der Waals surface area contributed by atoms with Gasteiger partial charge in [-0.2, -0.15) is 0 Å². The number of carbonyl (C=O) groups excluding carboxylic acids is 1. The van der Waals surface area contributed by atoms with Crippen molar-refractivity contribution in [1.82, 2.24) is 14.8 Å². The predicted molar refractivity (Wildman–Crippen MR) is 120 cm³/mol. The first kappa shape index (κ1) is 20.4. The zero-order chi connectivity index (χ0) is 19.8. The van der Waals surface area contributed by atoms with Crippen LogP contribution in [0.1, 0.15) is 5.82 Å². The van der Waals surface area contributed by atoms with Gasteiger partial charge in [-0.15, -0.1) is 16.8 Å². The Hall–Kier alpha value is -2.33. The fourth-order valence-corrected chi connectivity index (χ4v) is 3.50. The van der Waals surface area contributed by atoms with Crippen LogP contribution in [0.25, 0.3) is 0 Å². The first-order valence-corrected chi connectivity index (χ1v) is 10.6. The van der Waals surface area contributed by atoms with Crippen LogP contribution in [0.15, 0.2) is 72.4 Å². The number of benzene rings is 2. The molecule has 0 aliphatic heterocycles. The second-order valence-corrected chi connectivity index (χ2v) is 7.93. The zero-order valence-electron chi connectivity index (χ0n) is 15.0. The van der Waals surface area contributed by atoms with Crippen LogP contribution in [-0.2, 0) is 17.9 Å². The summed E-state index contributed by atoms with van der Waals surface area (Å²) < 4.78 is 8.78. The van der Waals surface area contributed by atoms with Gasteiger partial charge in [0, 0.05) is 15.8 Å². The Bertz CT molecular complexity index is 929. The fraction of sp³-hybridized carbons (Fsp3) is 0.150. The Morgan fingerprint density at radius 3 is 2.64 bits per heavy atom. The number of nitrogens with one attached hydrogen (secondary N) is 1. The predicted octanol–water partition coefficient (Wildman–Crippen LogP) is 4.38. The van der Waals surface area contributed by atoms with Crippen LogP contribution in [0, 0.1) is 3.57 Å². The molecular weight excluding hydrogens is 487 g/mol. The highest BCUT2D eigenvalue weighted by Crippen LogP contribution is 2.19. The first-order chi connectivity index (χ1) is 13.7. The number of halogens is 1. The minimum Gasteiger partial charge on any atom is -0.486 e. The quantitative estimate of drug-likeness (QED) is 0.265. The molecule has 0 bridgehead atoms. The third kappa shape index (κ3) is 5.83. The van der Waals surface area contributed by atoms with Crippen LogP contribution in [0.2, 0.25) is 0 Å². The number of aromatic nitrogens is 3. The number of amides is 1. The molecule has 0 unspecified atom stereocenters. The molecule has 1 heterocycles. The molecule has 28 heavy (non-hydrogen) atoms. The third-order valence-corrected chi connectivity index (χ3v) is 5.36. The molecule has 0 saturated heterocycles. The van der Waals surface area contributed by atoms with Crippen molar-refractivity contribution in [2.75, 3.05) is 11.1 Å². The maximum atomic E-state index is 12.2. The van der Waals surface area contributed by atoms with E-state index in [0.717, 1.165) is 15.0 Å². The minimum absolute atomic E-state index is 0.0959. The summed E-state index contributed by atoms with van der Waals surface area (Å²) in [4.78, 5) is 12.2. The number of allylic oxidation sites excluding steroid dienone is 1. The molecule has 0 fully saturated rings. The van der Waals surface area contributed by atoms with E-state index in [1.165, 1.54) is 11.8 Å². The van der Waals surface area contributed by atoms with E-state index in [0.29, 0.717) is 24.1 Å². The van der Waals surface area contributed by atoms with Gasteiger partial charge in [-0.1, -0.05) is 36.0 Å². The maximum absolute atomic E-state index is 12.2. The Balaban J connectivity index is 1.59. The molecule has 6 nitrogen and oxygen atoms in total. The summed E-state index contributed by atoms with van der Waals surface area (Å²) in [6.07, 6.45) is 1.77. The zero-order valence-corrected chi connectivity index (χ0v) is 18.0. The summed E-state index contributed by atoms with van der Waals surface area (Å²) in [7, 11) is 0. The monoisotopic (exact) mass is 506 g/mol. The molecule has 2 aromatic carbocycles. The highest BCUT2D eigenvalue weighted by Gasteiger charge is 2.14. The number of anilines is 1. The van der Waals surface area contributed by atoms with Gasteiger partial charge in [-0.3, -0.25) is 9.36 Å².